The highest BCUT2D eigenvalue weighted by molar-refractivity contribution is 5.99. The highest BCUT2D eigenvalue weighted by Crippen LogP contribution is 2.26. The van der Waals surface area contributed by atoms with Crippen molar-refractivity contribution >= 4 is 27.5 Å². The van der Waals surface area contributed by atoms with E-state index in [2.05, 4.69) is 0 Å². The molecule has 5 nitrogen and oxygen atoms in total. The van der Waals surface area contributed by atoms with Gasteiger partial charge in [0.05, 0.1) is 5.56 Å². The first-order valence-electron chi connectivity index (χ1n) is 11.8. The fourth-order valence-electron chi connectivity index (χ4n) is 4.69. The summed E-state index contributed by atoms with van der Waals surface area (Å²) in [7, 11) is 0. The van der Waals surface area contributed by atoms with E-state index in [1.807, 2.05) is 125 Å². The van der Waals surface area contributed by atoms with Crippen LogP contribution in [0.1, 0.15) is 27.5 Å². The highest BCUT2D eigenvalue weighted by Gasteiger charge is 2.26. The molecule has 4 aromatic carbocycles. The second kappa shape index (κ2) is 10.4. The lowest BCUT2D eigenvalue weighted by molar-refractivity contribution is -0.682. The van der Waals surface area contributed by atoms with Crippen molar-refractivity contribution in [2.75, 3.05) is 0 Å². The summed E-state index contributed by atoms with van der Waals surface area (Å²) in [5.74, 6) is 0.0185. The molecule has 0 spiro atoms. The predicted octanol–water partition coefficient (Wildman–Crippen LogP) is 2.56. The molecule has 0 amide bonds. The van der Waals surface area contributed by atoms with Gasteiger partial charge >= 0.3 is 5.63 Å². The number of aromatic nitrogens is 2. The molecule has 0 radical (unpaired) electrons. The van der Waals surface area contributed by atoms with Crippen LogP contribution in [0, 0.1) is 0 Å². The summed E-state index contributed by atoms with van der Waals surface area (Å²) in [4.78, 5) is 26.1. The number of para-hydroxylation sites is 1. The Morgan fingerprint density at radius 2 is 1.51 bits per heavy atom. The van der Waals surface area contributed by atoms with Gasteiger partial charge in [0.2, 0.25) is 12.1 Å². The third kappa shape index (κ3) is 4.88. The minimum atomic E-state index is -0.399. The smallest absolute Gasteiger partial charge is 0.344 e. The zero-order valence-electron chi connectivity index (χ0n) is 19.8. The van der Waals surface area contributed by atoms with Crippen molar-refractivity contribution in [3.63, 3.8) is 0 Å². The molecule has 0 N–H and O–H groups in total. The third-order valence-electron chi connectivity index (χ3n) is 6.49. The Morgan fingerprint density at radius 1 is 0.811 bits per heavy atom. The normalized spacial score (nSPS) is 11.8. The van der Waals surface area contributed by atoms with Crippen LogP contribution in [0.2, 0.25) is 0 Å². The van der Waals surface area contributed by atoms with Gasteiger partial charge in [-0.1, -0.05) is 84.9 Å². The molecular formula is C31H23BrN2O3. The molecule has 37 heavy (non-hydrogen) atoms. The summed E-state index contributed by atoms with van der Waals surface area (Å²) < 4.78 is 9.44. The second-order valence-electron chi connectivity index (χ2n) is 8.86. The Bertz CT molecular complexity index is 1770. The number of halogens is 1. The van der Waals surface area contributed by atoms with Gasteiger partial charge < -0.3 is 21.4 Å². The van der Waals surface area contributed by atoms with Gasteiger partial charge in [-0.05, 0) is 29.0 Å². The summed E-state index contributed by atoms with van der Waals surface area (Å²) in [6.45, 7) is 0.194. The fourth-order valence-corrected chi connectivity index (χ4v) is 4.69. The first-order valence-corrected chi connectivity index (χ1v) is 11.8. The maximum absolute atomic E-state index is 13.1. The molecule has 0 saturated carbocycles. The first kappa shape index (κ1) is 24.4. The lowest BCUT2D eigenvalue weighted by atomic mass is 9.99. The van der Waals surface area contributed by atoms with Crippen molar-refractivity contribution < 1.29 is 30.8 Å². The van der Waals surface area contributed by atoms with Gasteiger partial charge in [0.15, 0.2) is 12.6 Å². The average Bonchev–Trinajstić information content (AvgIpc) is 3.37. The molecule has 0 fully saturated rings. The highest BCUT2D eigenvalue weighted by atomic mass is 79.9. The van der Waals surface area contributed by atoms with Crippen LogP contribution < -0.4 is 27.2 Å². The number of hydrogen-bond acceptors (Lipinski definition) is 3. The van der Waals surface area contributed by atoms with Crippen LogP contribution in [0.15, 0.2) is 131 Å². The van der Waals surface area contributed by atoms with Gasteiger partial charge in [-0.2, -0.15) is 0 Å². The molecular weight excluding hydrogens is 528 g/mol. The van der Waals surface area contributed by atoms with Crippen LogP contribution >= 0.6 is 0 Å². The molecule has 0 aliphatic heterocycles. The van der Waals surface area contributed by atoms with E-state index in [-0.39, 0.29) is 34.9 Å². The Kier molecular flexibility index (Phi) is 6.84. The summed E-state index contributed by atoms with van der Waals surface area (Å²) in [6.07, 6.45) is 5.61. The lowest BCUT2D eigenvalue weighted by Gasteiger charge is -2.14. The van der Waals surface area contributed by atoms with Crippen molar-refractivity contribution in [1.82, 2.24) is 4.57 Å². The van der Waals surface area contributed by atoms with Crippen molar-refractivity contribution in [2.24, 2.45) is 0 Å². The molecule has 0 bridgehead atoms. The SMILES string of the molecule is O=C(C[n+]1ccn(C(c2ccccc2)c2cc3ccccc3oc2=O)c1)c1ccc2ccccc2c1.[Br-]. The summed E-state index contributed by atoms with van der Waals surface area (Å²) in [5.41, 5.74) is 2.33. The van der Waals surface area contributed by atoms with Crippen LogP contribution in [0.4, 0.5) is 0 Å². The van der Waals surface area contributed by atoms with Crippen molar-refractivity contribution in [1.29, 1.82) is 0 Å². The zero-order chi connectivity index (χ0) is 24.5. The van der Waals surface area contributed by atoms with Gasteiger partial charge in [0.25, 0.3) is 0 Å². The molecule has 1 unspecified atom stereocenters. The molecule has 2 aromatic heterocycles. The quantitative estimate of drug-likeness (QED) is 0.182. The molecule has 2 heterocycles. The van der Waals surface area contributed by atoms with Gasteiger partial charge in [0, 0.05) is 16.5 Å². The van der Waals surface area contributed by atoms with Crippen LogP contribution in [0.25, 0.3) is 21.7 Å². The van der Waals surface area contributed by atoms with E-state index in [4.69, 9.17) is 4.42 Å². The van der Waals surface area contributed by atoms with Gasteiger partial charge in [-0.25, -0.2) is 13.9 Å². The maximum atomic E-state index is 13.1. The average molecular weight is 551 g/mol. The molecule has 0 aliphatic carbocycles. The summed E-state index contributed by atoms with van der Waals surface area (Å²) in [6, 6.07) is 32.6. The van der Waals surface area contributed by atoms with Crippen LogP contribution in [0.3, 0.4) is 0 Å². The van der Waals surface area contributed by atoms with Crippen molar-refractivity contribution in [3.05, 3.63) is 149 Å². The molecule has 6 rings (SSSR count). The van der Waals surface area contributed by atoms with E-state index >= 15 is 0 Å². The number of Topliss-reactive ketones (excluding diaryl/α,β-unsaturated/α-hetero) is 1. The minimum Gasteiger partial charge on any atom is -1.00 e. The van der Waals surface area contributed by atoms with Crippen LogP contribution in [0.5, 0.6) is 0 Å². The standard InChI is InChI=1S/C31H23N2O3.BrH/c34-28(25-15-14-22-8-4-5-11-24(22)18-25)20-32-16-17-33(21-32)30(23-9-2-1-3-10-23)27-19-26-12-6-7-13-29(26)36-31(27)35;/h1-19,21,30H,20H2;1H/q+1;/p-1. The Morgan fingerprint density at radius 3 is 2.32 bits per heavy atom. The number of fused-ring (bicyclic) bond motifs is 2. The first-order chi connectivity index (χ1) is 17.7. The topological polar surface area (TPSA) is 56.1 Å². The number of hydrogen-bond donors (Lipinski definition) is 0. The summed E-state index contributed by atoms with van der Waals surface area (Å²) in [5, 5.41) is 3.01. The van der Waals surface area contributed by atoms with E-state index in [1.165, 1.54) is 0 Å². The second-order valence-corrected chi connectivity index (χ2v) is 8.86. The number of carbonyl (C=O) groups is 1. The molecule has 0 aliphatic rings. The van der Waals surface area contributed by atoms with Crippen LogP contribution in [-0.4, -0.2) is 10.4 Å². The molecule has 0 saturated heterocycles. The number of rotatable bonds is 6. The van der Waals surface area contributed by atoms with Gasteiger partial charge in [-0.15, -0.1) is 0 Å². The number of nitrogens with zero attached hydrogens (tertiary/aromatic N) is 2. The molecule has 6 heteroatoms. The number of benzene rings is 4. The third-order valence-corrected chi connectivity index (χ3v) is 6.49. The molecule has 6 aromatic rings. The number of imidazole rings is 1. The molecule has 182 valence electrons. The Balaban J connectivity index is 0.00000280. The molecule has 1 atom stereocenters. The summed E-state index contributed by atoms with van der Waals surface area (Å²) >= 11 is 0. The fraction of sp³-hybridized carbons (Fsp3) is 0.0645. The number of carbonyl (C=O) groups excluding carboxylic acids is 1. The predicted molar refractivity (Wildman–Crippen MR) is 139 cm³/mol. The van der Waals surface area contributed by atoms with Gasteiger partial charge in [0.1, 0.15) is 18.0 Å². The number of ketones is 1. The van der Waals surface area contributed by atoms with E-state index in [9.17, 15) is 9.59 Å². The monoisotopic (exact) mass is 550 g/mol. The lowest BCUT2D eigenvalue weighted by Crippen LogP contribution is -3.00. The van der Waals surface area contributed by atoms with Crippen LogP contribution in [-0.2, 0) is 6.54 Å². The van der Waals surface area contributed by atoms with E-state index in [1.54, 1.807) is 6.07 Å². The van der Waals surface area contributed by atoms with Crippen molar-refractivity contribution in [3.8, 4) is 0 Å². The minimum absolute atomic E-state index is 0. The van der Waals surface area contributed by atoms with E-state index in [0.717, 1.165) is 21.7 Å². The largest absolute Gasteiger partial charge is 1.00 e. The zero-order valence-corrected chi connectivity index (χ0v) is 21.4. The van der Waals surface area contributed by atoms with Crippen molar-refractivity contribution in [2.45, 2.75) is 12.6 Å². The van der Waals surface area contributed by atoms with Gasteiger partial charge in [-0.3, -0.25) is 4.79 Å². The Hall–Kier alpha value is -4.29. The van der Waals surface area contributed by atoms with E-state index < -0.39 is 6.04 Å². The maximum Gasteiger partial charge on any atom is 0.344 e. The van der Waals surface area contributed by atoms with E-state index in [0.29, 0.717) is 16.7 Å². The Labute approximate surface area is 224 Å².